The van der Waals surface area contributed by atoms with Crippen molar-refractivity contribution in [2.45, 2.75) is 46.2 Å². The number of nitrogens with two attached hydrogens (primary N) is 1. The topological polar surface area (TPSA) is 102 Å². The molecule has 0 radical (unpaired) electrons. The summed E-state index contributed by atoms with van der Waals surface area (Å²) in [5.41, 5.74) is 12.1. The summed E-state index contributed by atoms with van der Waals surface area (Å²) in [7, 11) is 0. The van der Waals surface area contributed by atoms with Crippen LogP contribution >= 0.6 is 23.1 Å². The summed E-state index contributed by atoms with van der Waals surface area (Å²) in [6.07, 6.45) is 0.273. The number of carbonyl (C=O) groups is 2. The molecule has 0 atom stereocenters. The van der Waals surface area contributed by atoms with E-state index < -0.39 is 5.91 Å². The van der Waals surface area contributed by atoms with Crippen molar-refractivity contribution in [2.75, 3.05) is 11.1 Å². The van der Waals surface area contributed by atoms with E-state index in [2.05, 4.69) is 52.8 Å². The molecule has 166 valence electrons. The number of hydrogen-bond acceptors (Lipinski definition) is 6. The SMILES string of the molecule is Cc1cc(C)c2c(c1)c(C)cc1nnc(SCCC(=O)Nc3sc(C)c(C)c3C(N)=O)n12. The van der Waals surface area contributed by atoms with Crippen molar-refractivity contribution >= 4 is 56.5 Å². The average Bonchev–Trinajstić information content (AvgIpc) is 3.22. The van der Waals surface area contributed by atoms with Crippen LogP contribution in [0.15, 0.2) is 23.4 Å². The van der Waals surface area contributed by atoms with Gasteiger partial charge in [-0.05, 0) is 63.4 Å². The minimum absolute atomic E-state index is 0.164. The van der Waals surface area contributed by atoms with Gasteiger partial charge < -0.3 is 11.1 Å². The Kier molecular flexibility index (Phi) is 5.96. The second-order valence-corrected chi connectivity index (χ2v) is 10.3. The van der Waals surface area contributed by atoms with Gasteiger partial charge >= 0.3 is 0 Å². The maximum Gasteiger partial charge on any atom is 0.251 e. The lowest BCUT2D eigenvalue weighted by atomic mass is 10.0. The van der Waals surface area contributed by atoms with Crippen LogP contribution in [0.2, 0.25) is 0 Å². The molecule has 0 fully saturated rings. The third kappa shape index (κ3) is 3.98. The molecule has 9 heteroatoms. The maximum absolute atomic E-state index is 12.5. The number of thiophene rings is 1. The highest BCUT2D eigenvalue weighted by molar-refractivity contribution is 7.99. The fraction of sp³-hybridized carbons (Fsp3) is 0.304. The molecule has 32 heavy (non-hydrogen) atoms. The van der Waals surface area contributed by atoms with Gasteiger partial charge in [-0.25, -0.2) is 0 Å². The summed E-state index contributed by atoms with van der Waals surface area (Å²) in [6, 6.07) is 6.38. The number of anilines is 1. The summed E-state index contributed by atoms with van der Waals surface area (Å²) in [5, 5.41) is 14.0. The molecule has 0 saturated carbocycles. The lowest BCUT2D eigenvalue weighted by molar-refractivity contribution is -0.115. The molecule has 3 aromatic heterocycles. The molecule has 0 unspecified atom stereocenters. The number of thioether (sulfide) groups is 1. The Balaban J connectivity index is 1.53. The average molecular weight is 468 g/mol. The van der Waals surface area contributed by atoms with Gasteiger partial charge in [0.05, 0.1) is 11.1 Å². The van der Waals surface area contributed by atoms with Crippen LogP contribution in [0.25, 0.3) is 16.6 Å². The third-order valence-corrected chi connectivity index (χ3v) is 7.60. The van der Waals surface area contributed by atoms with E-state index in [4.69, 9.17) is 5.73 Å². The summed E-state index contributed by atoms with van der Waals surface area (Å²) in [5.74, 6) is -0.163. The van der Waals surface area contributed by atoms with E-state index in [0.717, 1.165) is 37.9 Å². The lowest BCUT2D eigenvalue weighted by Crippen LogP contribution is -2.17. The first kappa shape index (κ1) is 22.3. The number of carbonyl (C=O) groups excluding carboxylic acids is 2. The van der Waals surface area contributed by atoms with Crippen LogP contribution in [0, 0.1) is 34.6 Å². The predicted octanol–water partition coefficient (Wildman–Crippen LogP) is 4.71. The zero-order valence-electron chi connectivity index (χ0n) is 18.7. The number of rotatable bonds is 6. The monoisotopic (exact) mass is 467 g/mol. The molecule has 0 bridgehead atoms. The number of nitrogens with one attached hydrogen (secondary N) is 1. The van der Waals surface area contributed by atoms with Gasteiger partial charge in [-0.2, -0.15) is 0 Å². The maximum atomic E-state index is 12.5. The second-order valence-electron chi connectivity index (χ2n) is 7.98. The first-order valence-electron chi connectivity index (χ1n) is 10.3. The Labute approximate surface area is 194 Å². The summed E-state index contributed by atoms with van der Waals surface area (Å²) >= 11 is 2.86. The first-order chi connectivity index (χ1) is 15.2. The van der Waals surface area contributed by atoms with Gasteiger partial charge in [0.2, 0.25) is 5.91 Å². The van der Waals surface area contributed by atoms with E-state index in [1.807, 2.05) is 19.9 Å². The molecule has 2 amide bonds. The predicted molar refractivity (Wildman–Crippen MR) is 131 cm³/mol. The van der Waals surface area contributed by atoms with Crippen molar-refractivity contribution in [3.05, 3.63) is 50.9 Å². The zero-order chi connectivity index (χ0) is 23.2. The standard InChI is InChI=1S/C23H25N5O2S2/c1-11-8-13(3)20-16(9-11)12(2)10-17-26-27-23(28(17)20)31-7-6-18(29)25-22-19(21(24)30)14(4)15(5)32-22/h8-10H,6-7H2,1-5H3,(H2,24,30)(H,25,29). The van der Waals surface area contributed by atoms with Crippen molar-refractivity contribution in [1.82, 2.24) is 14.6 Å². The molecule has 0 aliphatic carbocycles. The molecule has 0 aliphatic rings. The summed E-state index contributed by atoms with van der Waals surface area (Å²) in [4.78, 5) is 25.3. The Morgan fingerprint density at radius 1 is 1.09 bits per heavy atom. The normalized spacial score (nSPS) is 11.4. The van der Waals surface area contributed by atoms with Crippen LogP contribution in [0.1, 0.15) is 43.9 Å². The Bertz CT molecular complexity index is 1390. The molecule has 0 spiro atoms. The van der Waals surface area contributed by atoms with Crippen LogP contribution in [-0.2, 0) is 4.79 Å². The van der Waals surface area contributed by atoms with Crippen molar-refractivity contribution < 1.29 is 9.59 Å². The molecule has 0 aliphatic heterocycles. The minimum Gasteiger partial charge on any atom is -0.365 e. The Morgan fingerprint density at radius 3 is 2.56 bits per heavy atom. The van der Waals surface area contributed by atoms with Crippen LogP contribution in [0.4, 0.5) is 5.00 Å². The largest absolute Gasteiger partial charge is 0.365 e. The van der Waals surface area contributed by atoms with E-state index in [-0.39, 0.29) is 12.3 Å². The van der Waals surface area contributed by atoms with Gasteiger partial charge in [0, 0.05) is 22.4 Å². The molecule has 1 aromatic carbocycles. The van der Waals surface area contributed by atoms with Gasteiger partial charge in [-0.3, -0.25) is 14.0 Å². The highest BCUT2D eigenvalue weighted by Gasteiger charge is 2.19. The molecule has 3 heterocycles. The van der Waals surface area contributed by atoms with E-state index >= 15 is 0 Å². The molecule has 7 nitrogen and oxygen atoms in total. The molecular weight excluding hydrogens is 442 g/mol. The summed E-state index contributed by atoms with van der Waals surface area (Å²) < 4.78 is 2.07. The van der Waals surface area contributed by atoms with Crippen LogP contribution < -0.4 is 11.1 Å². The fourth-order valence-corrected chi connectivity index (χ4v) is 5.91. The van der Waals surface area contributed by atoms with Gasteiger partial charge in [0.1, 0.15) is 5.00 Å². The van der Waals surface area contributed by atoms with Crippen LogP contribution in [0.5, 0.6) is 0 Å². The number of aryl methyl sites for hydroxylation is 4. The number of nitrogens with zero attached hydrogens (tertiary/aromatic N) is 3. The van der Waals surface area contributed by atoms with Crippen molar-refractivity contribution in [2.24, 2.45) is 5.73 Å². The van der Waals surface area contributed by atoms with Gasteiger partial charge in [-0.1, -0.05) is 23.4 Å². The van der Waals surface area contributed by atoms with Crippen LogP contribution in [-0.4, -0.2) is 32.2 Å². The lowest BCUT2D eigenvalue weighted by Gasteiger charge is -2.11. The third-order valence-electron chi connectivity index (χ3n) is 5.54. The number of pyridine rings is 1. The van der Waals surface area contributed by atoms with Crippen LogP contribution in [0.3, 0.4) is 0 Å². The number of benzene rings is 1. The van der Waals surface area contributed by atoms with Crippen molar-refractivity contribution in [3.8, 4) is 0 Å². The van der Waals surface area contributed by atoms with Gasteiger partial charge in [0.25, 0.3) is 5.91 Å². The summed E-state index contributed by atoms with van der Waals surface area (Å²) in [6.45, 7) is 10.0. The second kappa shape index (κ2) is 8.55. The highest BCUT2D eigenvalue weighted by atomic mass is 32.2. The van der Waals surface area contributed by atoms with E-state index in [1.54, 1.807) is 0 Å². The molecular formula is C23H25N5O2S2. The van der Waals surface area contributed by atoms with Crippen molar-refractivity contribution in [1.29, 1.82) is 0 Å². The molecule has 4 rings (SSSR count). The van der Waals surface area contributed by atoms with Crippen molar-refractivity contribution in [3.63, 3.8) is 0 Å². The molecule has 3 N–H and O–H groups in total. The number of aromatic nitrogens is 3. The Hall–Kier alpha value is -2.91. The number of primary amides is 1. The van der Waals surface area contributed by atoms with E-state index in [9.17, 15) is 9.59 Å². The van der Waals surface area contributed by atoms with Gasteiger partial charge in [0.15, 0.2) is 10.8 Å². The first-order valence-corrected chi connectivity index (χ1v) is 12.1. The molecule has 4 aromatic rings. The van der Waals surface area contributed by atoms with Gasteiger partial charge in [-0.15, -0.1) is 21.5 Å². The number of fused-ring (bicyclic) bond motifs is 3. The Morgan fingerprint density at radius 2 is 1.84 bits per heavy atom. The zero-order valence-corrected chi connectivity index (χ0v) is 20.3. The smallest absolute Gasteiger partial charge is 0.251 e. The molecule has 0 saturated heterocycles. The number of hydrogen-bond donors (Lipinski definition) is 2. The van der Waals surface area contributed by atoms with E-state index in [1.165, 1.54) is 34.0 Å². The quantitative estimate of drug-likeness (QED) is 0.400. The van der Waals surface area contributed by atoms with E-state index in [0.29, 0.717) is 16.3 Å². The fourth-order valence-electron chi connectivity index (χ4n) is 3.94. The minimum atomic E-state index is -0.528. The highest BCUT2D eigenvalue weighted by Crippen LogP contribution is 2.33. The number of amides is 2.